The Balaban J connectivity index is 3.87. The van der Waals surface area contributed by atoms with Crippen molar-refractivity contribution >= 4 is 23.8 Å². The van der Waals surface area contributed by atoms with E-state index in [1.54, 1.807) is 11.8 Å². The third kappa shape index (κ3) is 17.2. The van der Waals surface area contributed by atoms with Gasteiger partial charge in [-0.3, -0.25) is 0 Å². The Morgan fingerprint density at radius 1 is 0.893 bits per heavy atom. The number of hydrogen-bond acceptors (Lipinski definition) is 5. The number of ether oxygens (including phenoxy) is 2. The molecule has 0 saturated heterocycles. The van der Waals surface area contributed by atoms with E-state index >= 15 is 0 Å². The Hall–Kier alpha value is -0.910. The maximum absolute atomic E-state index is 12.3. The predicted molar refractivity (Wildman–Crippen MR) is 119 cm³/mol. The van der Waals surface area contributed by atoms with Crippen LogP contribution in [0.15, 0.2) is 0 Å². The summed E-state index contributed by atoms with van der Waals surface area (Å²) in [5.41, 5.74) is 0. The molecule has 0 bridgehead atoms. The molecule has 0 aliphatic rings. The van der Waals surface area contributed by atoms with Crippen molar-refractivity contribution in [3.8, 4) is 0 Å². The molecule has 1 N–H and O–H groups in total. The van der Waals surface area contributed by atoms with E-state index in [-0.39, 0.29) is 11.9 Å². The number of esters is 1. The molecule has 0 radical (unpaired) electrons. The molecule has 28 heavy (non-hydrogen) atoms. The van der Waals surface area contributed by atoms with Gasteiger partial charge in [-0.1, -0.05) is 78.6 Å². The first kappa shape index (κ1) is 27.1. The molecule has 5 nitrogen and oxygen atoms in total. The van der Waals surface area contributed by atoms with Crippen LogP contribution >= 0.6 is 11.8 Å². The van der Waals surface area contributed by atoms with Gasteiger partial charge in [0.15, 0.2) is 0 Å². The number of alkyl carbamates (subject to hydrolysis) is 1. The second-order valence-electron chi connectivity index (χ2n) is 7.82. The fourth-order valence-electron chi connectivity index (χ4n) is 2.77. The number of carbonyl (C=O) groups is 2. The van der Waals surface area contributed by atoms with Gasteiger partial charge in [-0.25, -0.2) is 9.59 Å². The highest BCUT2D eigenvalue weighted by Gasteiger charge is 2.22. The molecule has 0 aromatic rings. The van der Waals surface area contributed by atoms with E-state index in [9.17, 15) is 9.59 Å². The molecule has 0 saturated carbocycles. The Kier molecular flexibility index (Phi) is 18.8. The Morgan fingerprint density at radius 2 is 1.46 bits per heavy atom. The van der Waals surface area contributed by atoms with Crippen molar-refractivity contribution in [1.82, 2.24) is 5.32 Å². The molecule has 0 spiro atoms. The molecular formula is C22H43NO4S. The van der Waals surface area contributed by atoms with Crippen LogP contribution in [0.5, 0.6) is 0 Å². The lowest BCUT2D eigenvalue weighted by atomic mass is 10.1. The van der Waals surface area contributed by atoms with Crippen molar-refractivity contribution in [2.24, 2.45) is 5.92 Å². The SMILES string of the molecule is CCCCCCCCCCCCOC(=O)[C@H](CCSC)NC(=O)OCC(C)C. The van der Waals surface area contributed by atoms with Crippen molar-refractivity contribution in [3.63, 3.8) is 0 Å². The number of carbonyl (C=O) groups excluding carboxylic acids is 2. The molecule has 0 heterocycles. The maximum atomic E-state index is 12.3. The Bertz CT molecular complexity index is 391. The van der Waals surface area contributed by atoms with Crippen LogP contribution in [0, 0.1) is 5.92 Å². The van der Waals surface area contributed by atoms with Crippen LogP contribution in [-0.2, 0) is 14.3 Å². The fourth-order valence-corrected chi connectivity index (χ4v) is 3.25. The zero-order valence-electron chi connectivity index (χ0n) is 18.6. The summed E-state index contributed by atoms with van der Waals surface area (Å²) >= 11 is 1.64. The van der Waals surface area contributed by atoms with E-state index in [2.05, 4.69) is 12.2 Å². The summed E-state index contributed by atoms with van der Waals surface area (Å²) in [7, 11) is 0. The highest BCUT2D eigenvalue weighted by molar-refractivity contribution is 7.98. The second-order valence-corrected chi connectivity index (χ2v) is 8.81. The lowest BCUT2D eigenvalue weighted by Crippen LogP contribution is -2.43. The molecule has 0 aromatic carbocycles. The largest absolute Gasteiger partial charge is 0.464 e. The number of amides is 1. The first-order valence-electron chi connectivity index (χ1n) is 11.1. The number of unbranched alkanes of at least 4 members (excludes halogenated alkanes) is 9. The van der Waals surface area contributed by atoms with Crippen LogP contribution in [0.4, 0.5) is 4.79 Å². The molecule has 0 aromatic heterocycles. The Morgan fingerprint density at radius 3 is 2.00 bits per heavy atom. The highest BCUT2D eigenvalue weighted by Crippen LogP contribution is 2.11. The van der Waals surface area contributed by atoms with Gasteiger partial charge in [-0.2, -0.15) is 11.8 Å². The highest BCUT2D eigenvalue weighted by atomic mass is 32.2. The number of rotatable bonds is 18. The van der Waals surface area contributed by atoms with Crippen molar-refractivity contribution in [2.75, 3.05) is 25.2 Å². The average Bonchev–Trinajstić information content (AvgIpc) is 2.67. The molecule has 1 amide bonds. The fraction of sp³-hybridized carbons (Fsp3) is 0.909. The molecule has 0 fully saturated rings. The van der Waals surface area contributed by atoms with Crippen LogP contribution in [0.1, 0.15) is 91.4 Å². The zero-order valence-corrected chi connectivity index (χ0v) is 19.4. The molecule has 0 rings (SSSR count). The summed E-state index contributed by atoms with van der Waals surface area (Å²) in [4.78, 5) is 24.1. The second kappa shape index (κ2) is 19.4. The lowest BCUT2D eigenvalue weighted by Gasteiger charge is -2.17. The summed E-state index contributed by atoms with van der Waals surface area (Å²) in [6.07, 6.45) is 14.4. The van der Waals surface area contributed by atoms with Crippen LogP contribution < -0.4 is 5.32 Å². The van der Waals surface area contributed by atoms with Gasteiger partial charge in [-0.15, -0.1) is 0 Å². The van der Waals surface area contributed by atoms with E-state index in [1.165, 1.54) is 51.4 Å². The zero-order chi connectivity index (χ0) is 21.0. The average molecular weight is 418 g/mol. The van der Waals surface area contributed by atoms with Crippen LogP contribution in [0.3, 0.4) is 0 Å². The standard InChI is InChI=1S/C22H43NO4S/c1-5-6-7-8-9-10-11-12-13-14-16-26-21(24)20(15-17-28-4)23-22(25)27-18-19(2)3/h19-20H,5-18H2,1-4H3,(H,23,25)/t20-/m0/s1. The molecule has 0 aliphatic heterocycles. The van der Waals surface area contributed by atoms with E-state index < -0.39 is 12.1 Å². The smallest absolute Gasteiger partial charge is 0.407 e. The minimum atomic E-state index is -0.629. The van der Waals surface area contributed by atoms with E-state index in [1.807, 2.05) is 20.1 Å². The molecule has 166 valence electrons. The molecule has 1 atom stereocenters. The predicted octanol–water partition coefficient (Wildman–Crippen LogP) is 5.95. The van der Waals surface area contributed by atoms with E-state index in [4.69, 9.17) is 9.47 Å². The van der Waals surface area contributed by atoms with Gasteiger partial charge in [0.25, 0.3) is 0 Å². The molecular weight excluding hydrogens is 374 g/mol. The van der Waals surface area contributed by atoms with Gasteiger partial charge in [0.2, 0.25) is 0 Å². The number of nitrogens with one attached hydrogen (secondary N) is 1. The third-order valence-electron chi connectivity index (χ3n) is 4.48. The summed E-state index contributed by atoms with van der Waals surface area (Å²) < 4.78 is 10.5. The summed E-state index contributed by atoms with van der Waals surface area (Å²) in [6.45, 7) is 6.95. The minimum Gasteiger partial charge on any atom is -0.464 e. The normalized spacial score (nSPS) is 12.0. The van der Waals surface area contributed by atoms with Crippen molar-refractivity contribution in [1.29, 1.82) is 0 Å². The lowest BCUT2D eigenvalue weighted by molar-refractivity contribution is -0.146. The maximum Gasteiger partial charge on any atom is 0.407 e. The molecule has 0 aliphatic carbocycles. The monoisotopic (exact) mass is 417 g/mol. The topological polar surface area (TPSA) is 64.6 Å². The van der Waals surface area contributed by atoms with E-state index in [0.29, 0.717) is 19.6 Å². The van der Waals surface area contributed by atoms with Crippen LogP contribution in [0.25, 0.3) is 0 Å². The van der Waals surface area contributed by atoms with Crippen molar-refractivity contribution < 1.29 is 19.1 Å². The Labute approximate surface area is 177 Å². The van der Waals surface area contributed by atoms with Crippen LogP contribution in [0.2, 0.25) is 0 Å². The van der Waals surface area contributed by atoms with Crippen molar-refractivity contribution in [3.05, 3.63) is 0 Å². The molecule has 0 unspecified atom stereocenters. The van der Waals surface area contributed by atoms with Crippen LogP contribution in [-0.4, -0.2) is 43.3 Å². The minimum absolute atomic E-state index is 0.263. The van der Waals surface area contributed by atoms with Gasteiger partial charge in [0.05, 0.1) is 13.2 Å². The quantitative estimate of drug-likeness (QED) is 0.220. The van der Waals surface area contributed by atoms with Gasteiger partial charge < -0.3 is 14.8 Å². The first-order valence-corrected chi connectivity index (χ1v) is 12.5. The number of hydrogen-bond donors (Lipinski definition) is 1. The van der Waals surface area contributed by atoms with Gasteiger partial charge in [0, 0.05) is 0 Å². The van der Waals surface area contributed by atoms with E-state index in [0.717, 1.165) is 18.6 Å². The van der Waals surface area contributed by atoms with Gasteiger partial charge in [0.1, 0.15) is 6.04 Å². The van der Waals surface area contributed by atoms with Crippen molar-refractivity contribution in [2.45, 2.75) is 97.4 Å². The summed E-state index contributed by atoms with van der Waals surface area (Å²) in [6, 6.07) is -0.629. The summed E-state index contributed by atoms with van der Waals surface area (Å²) in [5, 5.41) is 2.65. The summed E-state index contributed by atoms with van der Waals surface area (Å²) in [5.74, 6) is 0.688. The number of thioether (sulfide) groups is 1. The molecule has 6 heteroatoms. The van der Waals surface area contributed by atoms with Gasteiger partial charge in [-0.05, 0) is 30.8 Å². The third-order valence-corrected chi connectivity index (χ3v) is 5.12. The first-order chi connectivity index (χ1) is 13.5. The van der Waals surface area contributed by atoms with Gasteiger partial charge >= 0.3 is 12.1 Å².